The number of aryl methyl sites for hydroxylation is 2. The molecule has 1 aromatic carbocycles. The molecule has 0 bridgehead atoms. The van der Waals surface area contributed by atoms with Crippen molar-refractivity contribution in [3.63, 3.8) is 0 Å². The van der Waals surface area contributed by atoms with E-state index in [1.54, 1.807) is 24.5 Å². The summed E-state index contributed by atoms with van der Waals surface area (Å²) in [5.74, 6) is 0.862. The molecule has 0 saturated carbocycles. The van der Waals surface area contributed by atoms with Crippen LogP contribution >= 0.6 is 0 Å². The number of para-hydroxylation sites is 1. The molecule has 116 valence electrons. The van der Waals surface area contributed by atoms with Gasteiger partial charge in [-0.3, -0.25) is 9.78 Å². The van der Waals surface area contributed by atoms with Gasteiger partial charge in [0.25, 0.3) is 0 Å². The second kappa shape index (κ2) is 6.83. The molecule has 3 aromatic rings. The van der Waals surface area contributed by atoms with Crippen molar-refractivity contribution in [2.45, 2.75) is 19.8 Å². The number of amides is 1. The van der Waals surface area contributed by atoms with Gasteiger partial charge in [-0.15, -0.1) is 0 Å². The predicted molar refractivity (Wildman–Crippen MR) is 85.7 cm³/mol. The van der Waals surface area contributed by atoms with Gasteiger partial charge in [-0.2, -0.15) is 4.98 Å². The molecule has 0 aliphatic heterocycles. The first kappa shape index (κ1) is 14.9. The van der Waals surface area contributed by atoms with Crippen molar-refractivity contribution < 1.29 is 9.32 Å². The molecule has 3 rings (SSSR count). The fraction of sp³-hybridized carbons (Fsp3) is 0.176. The number of nitrogens with zero attached hydrogens (tertiary/aromatic N) is 3. The Hall–Kier alpha value is -3.02. The van der Waals surface area contributed by atoms with Gasteiger partial charge >= 0.3 is 0 Å². The predicted octanol–water partition coefficient (Wildman–Crippen LogP) is 3.01. The molecule has 23 heavy (non-hydrogen) atoms. The van der Waals surface area contributed by atoms with Gasteiger partial charge in [-0.05, 0) is 30.7 Å². The number of rotatable bonds is 5. The largest absolute Gasteiger partial charge is 0.339 e. The van der Waals surface area contributed by atoms with Crippen molar-refractivity contribution in [2.75, 3.05) is 5.32 Å². The van der Waals surface area contributed by atoms with E-state index in [9.17, 15) is 4.79 Å². The summed E-state index contributed by atoms with van der Waals surface area (Å²) >= 11 is 0. The molecule has 1 N–H and O–H groups in total. The van der Waals surface area contributed by atoms with E-state index in [4.69, 9.17) is 4.52 Å². The van der Waals surface area contributed by atoms with Gasteiger partial charge in [-0.25, -0.2) is 0 Å². The number of hydrogen-bond acceptors (Lipinski definition) is 5. The highest BCUT2D eigenvalue weighted by Crippen LogP contribution is 2.16. The van der Waals surface area contributed by atoms with Crippen LogP contribution in [0.25, 0.3) is 11.4 Å². The van der Waals surface area contributed by atoms with Crippen molar-refractivity contribution in [3.8, 4) is 11.4 Å². The van der Waals surface area contributed by atoms with Crippen molar-refractivity contribution in [2.24, 2.45) is 0 Å². The summed E-state index contributed by atoms with van der Waals surface area (Å²) in [5, 5.41) is 6.80. The molecule has 0 spiro atoms. The zero-order valence-electron chi connectivity index (χ0n) is 12.7. The van der Waals surface area contributed by atoms with Gasteiger partial charge in [-0.1, -0.05) is 23.4 Å². The normalized spacial score (nSPS) is 10.5. The van der Waals surface area contributed by atoms with E-state index < -0.39 is 0 Å². The van der Waals surface area contributed by atoms with E-state index in [-0.39, 0.29) is 12.3 Å². The lowest BCUT2D eigenvalue weighted by Gasteiger charge is -2.06. The molecule has 6 nitrogen and oxygen atoms in total. The van der Waals surface area contributed by atoms with Gasteiger partial charge in [0, 0.05) is 36.5 Å². The van der Waals surface area contributed by atoms with Crippen LogP contribution in [0.15, 0.2) is 53.3 Å². The Labute approximate surface area is 133 Å². The highest BCUT2D eigenvalue weighted by atomic mass is 16.5. The van der Waals surface area contributed by atoms with Crippen LogP contribution < -0.4 is 5.32 Å². The number of aromatic nitrogens is 3. The fourth-order valence-electron chi connectivity index (χ4n) is 2.12. The van der Waals surface area contributed by atoms with Crippen LogP contribution in [0.3, 0.4) is 0 Å². The maximum atomic E-state index is 12.0. The second-order valence-corrected chi connectivity index (χ2v) is 5.11. The molecule has 0 atom stereocenters. The molecule has 0 saturated heterocycles. The Morgan fingerprint density at radius 1 is 1.17 bits per heavy atom. The van der Waals surface area contributed by atoms with Crippen LogP contribution in [-0.4, -0.2) is 21.0 Å². The Morgan fingerprint density at radius 3 is 2.74 bits per heavy atom. The second-order valence-electron chi connectivity index (χ2n) is 5.11. The summed E-state index contributed by atoms with van der Waals surface area (Å²) in [4.78, 5) is 20.2. The van der Waals surface area contributed by atoms with Crippen molar-refractivity contribution in [3.05, 3.63) is 60.2 Å². The summed E-state index contributed by atoms with van der Waals surface area (Å²) in [7, 11) is 0. The van der Waals surface area contributed by atoms with E-state index in [2.05, 4.69) is 20.4 Å². The summed E-state index contributed by atoms with van der Waals surface area (Å²) in [6, 6.07) is 11.3. The number of carbonyl (C=O) groups excluding carboxylic acids is 1. The molecule has 0 unspecified atom stereocenters. The molecule has 6 heteroatoms. The quantitative estimate of drug-likeness (QED) is 0.783. The topological polar surface area (TPSA) is 80.9 Å². The number of carbonyl (C=O) groups is 1. The third-order valence-corrected chi connectivity index (χ3v) is 3.39. The molecular formula is C17H16N4O2. The van der Waals surface area contributed by atoms with Crippen LogP contribution in [0.4, 0.5) is 5.69 Å². The molecule has 0 aliphatic rings. The minimum atomic E-state index is -0.0806. The van der Waals surface area contributed by atoms with Crippen LogP contribution in [0.1, 0.15) is 17.9 Å². The van der Waals surface area contributed by atoms with Crippen LogP contribution in [0.5, 0.6) is 0 Å². The average Bonchev–Trinajstić information content (AvgIpc) is 3.05. The lowest BCUT2D eigenvalue weighted by Crippen LogP contribution is -2.13. The first-order valence-electron chi connectivity index (χ1n) is 7.31. The Balaban J connectivity index is 1.58. The first-order valence-corrected chi connectivity index (χ1v) is 7.31. The maximum absolute atomic E-state index is 12.0. The first-order chi connectivity index (χ1) is 11.2. The summed E-state index contributed by atoms with van der Waals surface area (Å²) in [6.45, 7) is 1.95. The minimum absolute atomic E-state index is 0.0806. The average molecular weight is 308 g/mol. The molecule has 2 aromatic heterocycles. The highest BCUT2D eigenvalue weighted by Gasteiger charge is 2.11. The molecule has 1 amide bonds. The van der Waals surface area contributed by atoms with Crippen LogP contribution in [0, 0.1) is 6.92 Å². The Morgan fingerprint density at radius 2 is 1.96 bits per heavy atom. The molecule has 0 radical (unpaired) electrons. The summed E-state index contributed by atoms with van der Waals surface area (Å²) in [6.07, 6.45) is 4.02. The lowest BCUT2D eigenvalue weighted by atomic mass is 10.2. The van der Waals surface area contributed by atoms with E-state index >= 15 is 0 Å². The number of benzene rings is 1. The number of hydrogen-bond donors (Lipinski definition) is 1. The van der Waals surface area contributed by atoms with Crippen LogP contribution in [0.2, 0.25) is 0 Å². The summed E-state index contributed by atoms with van der Waals surface area (Å²) in [5.41, 5.74) is 2.68. The lowest BCUT2D eigenvalue weighted by molar-refractivity contribution is -0.116. The van der Waals surface area contributed by atoms with Crippen molar-refractivity contribution in [1.29, 1.82) is 0 Å². The summed E-state index contributed by atoms with van der Waals surface area (Å²) < 4.78 is 5.18. The van der Waals surface area contributed by atoms with Gasteiger partial charge < -0.3 is 9.84 Å². The maximum Gasteiger partial charge on any atom is 0.227 e. The van der Waals surface area contributed by atoms with E-state index in [1.807, 2.05) is 31.2 Å². The van der Waals surface area contributed by atoms with Crippen molar-refractivity contribution >= 4 is 11.6 Å². The van der Waals surface area contributed by atoms with Gasteiger partial charge in [0.15, 0.2) is 0 Å². The number of anilines is 1. The van der Waals surface area contributed by atoms with E-state index in [0.29, 0.717) is 18.1 Å². The molecule has 0 aliphatic carbocycles. The van der Waals surface area contributed by atoms with E-state index in [1.165, 1.54) is 0 Å². The zero-order valence-corrected chi connectivity index (χ0v) is 12.7. The van der Waals surface area contributed by atoms with Crippen LogP contribution in [-0.2, 0) is 11.2 Å². The SMILES string of the molecule is Cc1ccccc1NC(=O)CCc1nc(-c2ccncc2)no1. The number of nitrogens with one attached hydrogen (secondary N) is 1. The zero-order chi connectivity index (χ0) is 16.1. The molecule has 2 heterocycles. The Bertz CT molecular complexity index is 799. The standard InChI is InChI=1S/C17H16N4O2/c1-12-4-2-3-5-14(12)19-15(22)6-7-16-20-17(21-23-16)13-8-10-18-11-9-13/h2-5,8-11H,6-7H2,1H3,(H,19,22). The van der Waals surface area contributed by atoms with E-state index in [0.717, 1.165) is 16.8 Å². The fourth-order valence-corrected chi connectivity index (χ4v) is 2.12. The minimum Gasteiger partial charge on any atom is -0.339 e. The third-order valence-electron chi connectivity index (χ3n) is 3.39. The van der Waals surface area contributed by atoms with Gasteiger partial charge in [0.2, 0.25) is 17.6 Å². The third kappa shape index (κ3) is 3.79. The molecular weight excluding hydrogens is 292 g/mol. The number of pyridine rings is 1. The highest BCUT2D eigenvalue weighted by molar-refractivity contribution is 5.91. The smallest absolute Gasteiger partial charge is 0.227 e. The monoisotopic (exact) mass is 308 g/mol. The molecule has 0 fully saturated rings. The van der Waals surface area contributed by atoms with Gasteiger partial charge in [0.1, 0.15) is 0 Å². The van der Waals surface area contributed by atoms with Gasteiger partial charge in [0.05, 0.1) is 0 Å². The Kier molecular flexibility index (Phi) is 4.42. The van der Waals surface area contributed by atoms with Crippen molar-refractivity contribution in [1.82, 2.24) is 15.1 Å².